The van der Waals surface area contributed by atoms with Gasteiger partial charge >= 0.3 is 0 Å². The number of aryl methyl sites for hydroxylation is 1. The summed E-state index contributed by atoms with van der Waals surface area (Å²) >= 11 is 12.5. The Balaban J connectivity index is 1.76. The molecule has 2 heteroatoms. The number of alkyl halides is 1. The van der Waals surface area contributed by atoms with Crippen molar-refractivity contribution in [3.05, 3.63) is 70.7 Å². The summed E-state index contributed by atoms with van der Waals surface area (Å²) in [5.41, 5.74) is 2.52. The fraction of sp³-hybridized carbons (Fsp3) is 0.294. The van der Waals surface area contributed by atoms with Crippen LogP contribution in [0.5, 0.6) is 0 Å². The van der Waals surface area contributed by atoms with Gasteiger partial charge in [0.25, 0.3) is 0 Å². The van der Waals surface area contributed by atoms with E-state index in [4.69, 9.17) is 23.2 Å². The number of hydrogen-bond acceptors (Lipinski definition) is 0. The van der Waals surface area contributed by atoms with Crippen molar-refractivity contribution in [2.24, 2.45) is 0 Å². The fourth-order valence-electron chi connectivity index (χ4n) is 2.18. The number of rotatable bonds is 6. The third-order valence-electron chi connectivity index (χ3n) is 3.22. The number of hydrogen-bond donors (Lipinski definition) is 0. The molecule has 0 saturated heterocycles. The van der Waals surface area contributed by atoms with E-state index in [9.17, 15) is 0 Å². The molecular formula is C17H18Cl2. The standard InChI is InChI=1S/C17H18Cl2/c18-16(13-15-10-4-5-12-17(15)19)11-6-9-14-7-2-1-3-8-14/h1-5,7-8,10,12,16H,6,9,11,13H2. The van der Waals surface area contributed by atoms with Gasteiger partial charge in [-0.1, -0.05) is 60.1 Å². The summed E-state index contributed by atoms with van der Waals surface area (Å²) in [5, 5.41) is 0.972. The Morgan fingerprint density at radius 2 is 1.58 bits per heavy atom. The molecule has 0 aliphatic heterocycles. The molecule has 0 aromatic heterocycles. The maximum Gasteiger partial charge on any atom is 0.0438 e. The summed E-state index contributed by atoms with van der Waals surface area (Å²) in [6.45, 7) is 0. The van der Waals surface area contributed by atoms with Crippen LogP contribution in [0.4, 0.5) is 0 Å². The van der Waals surface area contributed by atoms with E-state index in [1.807, 2.05) is 24.3 Å². The lowest BCUT2D eigenvalue weighted by molar-refractivity contribution is 0.686. The van der Waals surface area contributed by atoms with Gasteiger partial charge in [0.1, 0.15) is 0 Å². The second-order valence-corrected chi connectivity index (χ2v) is 5.80. The highest BCUT2D eigenvalue weighted by atomic mass is 35.5. The molecule has 0 radical (unpaired) electrons. The highest BCUT2D eigenvalue weighted by Gasteiger charge is 2.08. The SMILES string of the molecule is Clc1ccccc1CC(Cl)CCCc1ccccc1. The Labute approximate surface area is 125 Å². The van der Waals surface area contributed by atoms with E-state index in [0.717, 1.165) is 36.3 Å². The Hall–Kier alpha value is -0.980. The Morgan fingerprint density at radius 1 is 0.895 bits per heavy atom. The molecule has 1 atom stereocenters. The molecule has 0 nitrogen and oxygen atoms in total. The lowest BCUT2D eigenvalue weighted by Crippen LogP contribution is -2.04. The quantitative estimate of drug-likeness (QED) is 0.616. The molecular weight excluding hydrogens is 275 g/mol. The van der Waals surface area contributed by atoms with Crippen LogP contribution < -0.4 is 0 Å². The highest BCUT2D eigenvalue weighted by molar-refractivity contribution is 6.31. The monoisotopic (exact) mass is 292 g/mol. The molecule has 1 unspecified atom stereocenters. The van der Waals surface area contributed by atoms with E-state index >= 15 is 0 Å². The zero-order valence-electron chi connectivity index (χ0n) is 10.9. The average Bonchev–Trinajstić information content (AvgIpc) is 2.43. The average molecular weight is 293 g/mol. The van der Waals surface area contributed by atoms with Gasteiger partial charge in [0.15, 0.2) is 0 Å². The minimum absolute atomic E-state index is 0.156. The summed E-state index contributed by atoms with van der Waals surface area (Å²) in [6, 6.07) is 18.5. The lowest BCUT2D eigenvalue weighted by atomic mass is 10.0. The molecule has 2 aromatic carbocycles. The summed E-state index contributed by atoms with van der Waals surface area (Å²) in [6.07, 6.45) is 4.06. The molecule has 0 heterocycles. The van der Waals surface area contributed by atoms with Crippen molar-refractivity contribution in [3.8, 4) is 0 Å². The molecule has 2 rings (SSSR count). The van der Waals surface area contributed by atoms with E-state index in [1.54, 1.807) is 0 Å². The largest absolute Gasteiger partial charge is 0.123 e. The lowest BCUT2D eigenvalue weighted by Gasteiger charge is -2.10. The first-order valence-corrected chi connectivity index (χ1v) is 7.48. The van der Waals surface area contributed by atoms with Gasteiger partial charge in [-0.05, 0) is 42.9 Å². The Kier molecular flexibility index (Phi) is 5.75. The molecule has 0 aliphatic carbocycles. The van der Waals surface area contributed by atoms with Crippen molar-refractivity contribution >= 4 is 23.2 Å². The van der Waals surface area contributed by atoms with Gasteiger partial charge < -0.3 is 0 Å². The van der Waals surface area contributed by atoms with Crippen LogP contribution in [0.25, 0.3) is 0 Å². The predicted octanol–water partition coefficient (Wildman–Crippen LogP) is 5.51. The molecule has 0 fully saturated rings. The van der Waals surface area contributed by atoms with E-state index in [0.29, 0.717) is 0 Å². The van der Waals surface area contributed by atoms with Crippen LogP contribution >= 0.6 is 23.2 Å². The van der Waals surface area contributed by atoms with Crippen molar-refractivity contribution < 1.29 is 0 Å². The number of halogens is 2. The maximum atomic E-state index is 6.39. The van der Waals surface area contributed by atoms with Gasteiger partial charge in [0.05, 0.1) is 0 Å². The molecule has 100 valence electrons. The van der Waals surface area contributed by atoms with E-state index in [1.165, 1.54) is 5.56 Å². The minimum Gasteiger partial charge on any atom is -0.123 e. The van der Waals surface area contributed by atoms with E-state index < -0.39 is 0 Å². The molecule has 0 bridgehead atoms. The van der Waals surface area contributed by atoms with Gasteiger partial charge in [0, 0.05) is 10.4 Å². The zero-order valence-corrected chi connectivity index (χ0v) is 12.4. The molecule has 0 N–H and O–H groups in total. The van der Waals surface area contributed by atoms with E-state index in [2.05, 4.69) is 30.3 Å². The molecule has 0 spiro atoms. The predicted molar refractivity (Wildman–Crippen MR) is 84.2 cm³/mol. The van der Waals surface area contributed by atoms with Gasteiger partial charge in [-0.2, -0.15) is 0 Å². The first kappa shape index (κ1) is 14.4. The van der Waals surface area contributed by atoms with Crippen LogP contribution in [0, 0.1) is 0 Å². The first-order valence-electron chi connectivity index (χ1n) is 6.67. The van der Waals surface area contributed by atoms with Gasteiger partial charge in [-0.15, -0.1) is 11.6 Å². The fourth-order valence-corrected chi connectivity index (χ4v) is 2.71. The Morgan fingerprint density at radius 3 is 2.32 bits per heavy atom. The summed E-state index contributed by atoms with van der Waals surface area (Å²) < 4.78 is 0. The van der Waals surface area contributed by atoms with Crippen LogP contribution in [0.1, 0.15) is 24.0 Å². The van der Waals surface area contributed by atoms with Crippen LogP contribution in [0.15, 0.2) is 54.6 Å². The smallest absolute Gasteiger partial charge is 0.0438 e. The molecule has 2 aromatic rings. The molecule has 0 amide bonds. The summed E-state index contributed by atoms with van der Waals surface area (Å²) in [7, 11) is 0. The van der Waals surface area contributed by atoms with Crippen LogP contribution in [-0.2, 0) is 12.8 Å². The first-order chi connectivity index (χ1) is 9.25. The normalized spacial score (nSPS) is 12.3. The minimum atomic E-state index is 0.156. The van der Waals surface area contributed by atoms with Crippen LogP contribution in [0.3, 0.4) is 0 Å². The van der Waals surface area contributed by atoms with Crippen LogP contribution in [0.2, 0.25) is 5.02 Å². The van der Waals surface area contributed by atoms with Crippen LogP contribution in [-0.4, -0.2) is 5.38 Å². The van der Waals surface area contributed by atoms with Crippen molar-refractivity contribution in [3.63, 3.8) is 0 Å². The van der Waals surface area contributed by atoms with Crippen molar-refractivity contribution in [2.75, 3.05) is 0 Å². The highest BCUT2D eigenvalue weighted by Crippen LogP contribution is 2.21. The topological polar surface area (TPSA) is 0 Å². The van der Waals surface area contributed by atoms with Crippen molar-refractivity contribution in [2.45, 2.75) is 31.1 Å². The summed E-state index contributed by atoms with van der Waals surface area (Å²) in [4.78, 5) is 0. The second kappa shape index (κ2) is 7.57. The maximum absolute atomic E-state index is 6.39. The third-order valence-corrected chi connectivity index (χ3v) is 3.97. The zero-order chi connectivity index (χ0) is 13.5. The third kappa shape index (κ3) is 4.89. The van der Waals surface area contributed by atoms with Gasteiger partial charge in [-0.3, -0.25) is 0 Å². The second-order valence-electron chi connectivity index (χ2n) is 4.77. The molecule has 0 aliphatic rings. The van der Waals surface area contributed by atoms with Gasteiger partial charge in [-0.25, -0.2) is 0 Å². The van der Waals surface area contributed by atoms with E-state index in [-0.39, 0.29) is 5.38 Å². The molecule has 19 heavy (non-hydrogen) atoms. The Bertz CT molecular complexity index is 494. The summed E-state index contributed by atoms with van der Waals surface area (Å²) in [5.74, 6) is 0. The number of benzene rings is 2. The molecule has 0 saturated carbocycles. The van der Waals surface area contributed by atoms with Crippen molar-refractivity contribution in [1.29, 1.82) is 0 Å². The van der Waals surface area contributed by atoms with Gasteiger partial charge in [0.2, 0.25) is 0 Å². The van der Waals surface area contributed by atoms with Crippen molar-refractivity contribution in [1.82, 2.24) is 0 Å².